The number of nitrogens with one attached hydrogen (secondary N) is 1. The molecule has 0 saturated carbocycles. The lowest BCUT2D eigenvalue weighted by atomic mass is 10.2. The molecule has 0 aliphatic rings. The van der Waals surface area contributed by atoms with Crippen LogP contribution in [0, 0.1) is 0 Å². The highest BCUT2D eigenvalue weighted by molar-refractivity contribution is 8.00. The molecule has 6 nitrogen and oxygen atoms in total. The van der Waals surface area contributed by atoms with Crippen molar-refractivity contribution in [3.05, 3.63) is 59.1 Å². The summed E-state index contributed by atoms with van der Waals surface area (Å²) in [6.45, 7) is 1.63. The number of benzene rings is 2. The topological polar surface area (TPSA) is 85.8 Å². The first kappa shape index (κ1) is 21.0. The SMILES string of the molecule is CC(Sc1nnc(-c2ccc(Cl)cc2)n1N)C(=O)Nc1ccc(C(F)(F)F)cc1. The van der Waals surface area contributed by atoms with Gasteiger partial charge >= 0.3 is 6.18 Å². The fraction of sp³-hybridized carbons (Fsp3) is 0.167. The zero-order valence-corrected chi connectivity index (χ0v) is 16.5. The molecule has 29 heavy (non-hydrogen) atoms. The van der Waals surface area contributed by atoms with Crippen LogP contribution >= 0.6 is 23.4 Å². The van der Waals surface area contributed by atoms with Crippen LogP contribution in [-0.2, 0) is 11.0 Å². The Bertz CT molecular complexity index is 1010. The maximum Gasteiger partial charge on any atom is 0.416 e. The van der Waals surface area contributed by atoms with Gasteiger partial charge in [0, 0.05) is 16.3 Å². The molecule has 0 aliphatic heterocycles. The molecule has 2 aromatic carbocycles. The summed E-state index contributed by atoms with van der Waals surface area (Å²) in [4.78, 5) is 12.4. The first-order chi connectivity index (χ1) is 13.6. The number of hydrogen-bond donors (Lipinski definition) is 2. The number of amides is 1. The number of nitrogen functional groups attached to an aromatic ring is 1. The molecule has 3 N–H and O–H groups in total. The molecule has 0 aliphatic carbocycles. The van der Waals surface area contributed by atoms with Crippen LogP contribution in [0.2, 0.25) is 5.02 Å². The standard InChI is InChI=1S/C18H15ClF3N5OS/c1-10(16(28)24-14-8-4-12(5-9-14)18(20,21)22)29-17-26-25-15(27(17)23)11-2-6-13(19)7-3-11/h2-10H,23H2,1H3,(H,24,28). The van der Waals surface area contributed by atoms with Gasteiger partial charge in [-0.1, -0.05) is 23.4 Å². The number of alkyl halides is 3. The molecule has 0 saturated heterocycles. The number of aromatic nitrogens is 3. The lowest BCUT2D eigenvalue weighted by molar-refractivity contribution is -0.137. The molecule has 11 heteroatoms. The van der Waals surface area contributed by atoms with E-state index in [0.29, 0.717) is 21.6 Å². The molecule has 1 unspecified atom stereocenters. The van der Waals surface area contributed by atoms with E-state index in [2.05, 4.69) is 15.5 Å². The van der Waals surface area contributed by atoms with Crippen LogP contribution in [0.1, 0.15) is 12.5 Å². The normalized spacial score (nSPS) is 12.6. The quantitative estimate of drug-likeness (QED) is 0.451. The van der Waals surface area contributed by atoms with Gasteiger partial charge < -0.3 is 11.2 Å². The minimum absolute atomic E-state index is 0.256. The molecule has 3 aromatic rings. The Morgan fingerprint density at radius 3 is 2.34 bits per heavy atom. The van der Waals surface area contributed by atoms with E-state index in [1.165, 1.54) is 16.8 Å². The van der Waals surface area contributed by atoms with Crippen LogP contribution < -0.4 is 11.2 Å². The van der Waals surface area contributed by atoms with Crippen molar-refractivity contribution in [2.24, 2.45) is 0 Å². The summed E-state index contributed by atoms with van der Waals surface area (Å²) in [5.41, 5.74) is 0.175. The van der Waals surface area contributed by atoms with Crippen LogP contribution in [0.5, 0.6) is 0 Å². The van der Waals surface area contributed by atoms with E-state index in [4.69, 9.17) is 17.4 Å². The fourth-order valence-electron chi connectivity index (χ4n) is 2.35. The van der Waals surface area contributed by atoms with Crippen molar-refractivity contribution in [2.45, 2.75) is 23.5 Å². The van der Waals surface area contributed by atoms with Crippen molar-refractivity contribution < 1.29 is 18.0 Å². The van der Waals surface area contributed by atoms with E-state index in [-0.39, 0.29) is 5.69 Å². The predicted molar refractivity (Wildman–Crippen MR) is 106 cm³/mol. The first-order valence-electron chi connectivity index (χ1n) is 8.26. The number of nitrogens with two attached hydrogens (primary N) is 1. The molecule has 0 spiro atoms. The summed E-state index contributed by atoms with van der Waals surface area (Å²) < 4.78 is 39.1. The van der Waals surface area contributed by atoms with Crippen LogP contribution in [0.4, 0.5) is 18.9 Å². The molecule has 0 radical (unpaired) electrons. The van der Waals surface area contributed by atoms with E-state index in [1.54, 1.807) is 31.2 Å². The third kappa shape index (κ3) is 5.01. The number of halogens is 4. The van der Waals surface area contributed by atoms with Gasteiger partial charge in [0.15, 0.2) is 5.82 Å². The molecule has 0 bridgehead atoms. The largest absolute Gasteiger partial charge is 0.416 e. The van der Waals surface area contributed by atoms with E-state index < -0.39 is 22.9 Å². The Morgan fingerprint density at radius 1 is 1.14 bits per heavy atom. The Hall–Kier alpha value is -2.72. The average Bonchev–Trinajstić information content (AvgIpc) is 3.02. The number of carbonyl (C=O) groups excluding carboxylic acids is 1. The highest BCUT2D eigenvalue weighted by Gasteiger charge is 2.30. The number of anilines is 1. The smallest absolute Gasteiger partial charge is 0.335 e. The van der Waals surface area contributed by atoms with Gasteiger partial charge in [0.1, 0.15) is 0 Å². The van der Waals surface area contributed by atoms with Gasteiger partial charge in [-0.25, -0.2) is 4.68 Å². The Labute approximate surface area is 173 Å². The summed E-state index contributed by atoms with van der Waals surface area (Å²) >= 11 is 6.94. The van der Waals surface area contributed by atoms with Gasteiger partial charge in [-0.2, -0.15) is 13.2 Å². The summed E-state index contributed by atoms with van der Waals surface area (Å²) in [6.07, 6.45) is -4.43. The first-order valence-corrected chi connectivity index (χ1v) is 9.52. The van der Waals surface area contributed by atoms with Gasteiger partial charge in [0.05, 0.1) is 10.8 Å². The average molecular weight is 442 g/mol. The van der Waals surface area contributed by atoms with Crippen LogP contribution in [0.3, 0.4) is 0 Å². The van der Waals surface area contributed by atoms with Gasteiger partial charge in [0.2, 0.25) is 11.1 Å². The van der Waals surface area contributed by atoms with E-state index >= 15 is 0 Å². The number of nitrogens with zero attached hydrogens (tertiary/aromatic N) is 3. The molecular formula is C18H15ClF3N5OS. The summed E-state index contributed by atoms with van der Waals surface area (Å²) in [7, 11) is 0. The number of carbonyl (C=O) groups is 1. The second-order valence-electron chi connectivity index (χ2n) is 6.01. The Balaban J connectivity index is 1.66. The van der Waals surface area contributed by atoms with Gasteiger partial charge in [0.25, 0.3) is 0 Å². The summed E-state index contributed by atoms with van der Waals surface area (Å²) in [5, 5.41) is 10.8. The molecule has 1 heterocycles. The summed E-state index contributed by atoms with van der Waals surface area (Å²) in [6, 6.07) is 11.1. The number of thioether (sulfide) groups is 1. The van der Waals surface area contributed by atoms with Crippen molar-refractivity contribution in [3.8, 4) is 11.4 Å². The summed E-state index contributed by atoms with van der Waals surface area (Å²) in [5.74, 6) is 6.02. The zero-order chi connectivity index (χ0) is 21.2. The van der Waals surface area contributed by atoms with E-state index in [1.807, 2.05) is 0 Å². The van der Waals surface area contributed by atoms with Crippen LogP contribution in [0.25, 0.3) is 11.4 Å². The van der Waals surface area contributed by atoms with Crippen molar-refractivity contribution >= 4 is 35.0 Å². The lowest BCUT2D eigenvalue weighted by Crippen LogP contribution is -2.23. The van der Waals surface area contributed by atoms with E-state index in [9.17, 15) is 18.0 Å². The lowest BCUT2D eigenvalue weighted by Gasteiger charge is -2.12. The van der Waals surface area contributed by atoms with Crippen molar-refractivity contribution in [2.75, 3.05) is 11.2 Å². The second-order valence-corrected chi connectivity index (χ2v) is 7.75. The minimum atomic E-state index is -4.43. The van der Waals surface area contributed by atoms with Crippen LogP contribution in [0.15, 0.2) is 53.7 Å². The maximum atomic E-state index is 12.6. The maximum absolute atomic E-state index is 12.6. The fourth-order valence-corrected chi connectivity index (χ4v) is 3.25. The molecule has 1 atom stereocenters. The number of rotatable bonds is 5. The molecule has 152 valence electrons. The molecule has 1 aromatic heterocycles. The molecule has 3 rings (SSSR count). The van der Waals surface area contributed by atoms with Gasteiger partial charge in [-0.05, 0) is 55.5 Å². The second kappa shape index (κ2) is 8.34. The Kier molecular flexibility index (Phi) is 6.04. The number of hydrogen-bond acceptors (Lipinski definition) is 5. The predicted octanol–water partition coefficient (Wildman–Crippen LogP) is 4.45. The van der Waals surface area contributed by atoms with Crippen molar-refractivity contribution in [1.29, 1.82) is 0 Å². The molecule has 0 fully saturated rings. The van der Waals surface area contributed by atoms with Crippen molar-refractivity contribution in [3.63, 3.8) is 0 Å². The highest BCUT2D eigenvalue weighted by Crippen LogP contribution is 2.30. The monoisotopic (exact) mass is 441 g/mol. The zero-order valence-electron chi connectivity index (χ0n) is 14.9. The third-order valence-corrected chi connectivity index (χ3v) is 5.21. The van der Waals surface area contributed by atoms with Crippen molar-refractivity contribution in [1.82, 2.24) is 14.9 Å². The van der Waals surface area contributed by atoms with Gasteiger partial charge in [-0.3, -0.25) is 4.79 Å². The third-order valence-electron chi connectivity index (χ3n) is 3.90. The molecule has 1 amide bonds. The Morgan fingerprint density at radius 2 is 1.76 bits per heavy atom. The van der Waals surface area contributed by atoms with Gasteiger partial charge in [-0.15, -0.1) is 10.2 Å². The molecular weight excluding hydrogens is 427 g/mol. The van der Waals surface area contributed by atoms with Crippen LogP contribution in [-0.4, -0.2) is 26.0 Å². The minimum Gasteiger partial charge on any atom is -0.335 e. The van der Waals surface area contributed by atoms with E-state index in [0.717, 1.165) is 23.9 Å². The highest BCUT2D eigenvalue weighted by atomic mass is 35.5.